The van der Waals surface area contributed by atoms with E-state index in [4.69, 9.17) is 0 Å². The summed E-state index contributed by atoms with van der Waals surface area (Å²) >= 11 is 0. The maximum Gasteiger partial charge on any atom is 0.321 e. The van der Waals surface area contributed by atoms with Crippen LogP contribution in [0.4, 0.5) is 4.79 Å². The first-order valence-corrected chi connectivity index (χ1v) is 8.36. The Balaban J connectivity index is 2.44. The van der Waals surface area contributed by atoms with E-state index in [9.17, 15) is 18.0 Å². The Morgan fingerprint density at radius 1 is 1.25 bits per heavy atom. The molecule has 1 aliphatic rings. The molecular formula is C11H22N4O4S. The van der Waals surface area contributed by atoms with E-state index in [1.54, 1.807) is 6.92 Å². The van der Waals surface area contributed by atoms with E-state index in [0.717, 1.165) is 6.26 Å². The number of likely N-dealkylation sites (tertiary alicyclic amines) is 1. The Labute approximate surface area is 119 Å². The molecule has 8 nitrogen and oxygen atoms in total. The largest absolute Gasteiger partial charge is 0.341 e. The Kier molecular flexibility index (Phi) is 5.90. The van der Waals surface area contributed by atoms with Crippen LogP contribution in [-0.4, -0.2) is 63.7 Å². The zero-order chi connectivity index (χ0) is 15.3. The first kappa shape index (κ1) is 16.9. The van der Waals surface area contributed by atoms with Crippen molar-refractivity contribution in [3.8, 4) is 0 Å². The third kappa shape index (κ3) is 5.43. The molecule has 3 N–H and O–H groups in total. The SMILES string of the molecule is CNC(=O)NC(=O)[C@H](C)N1CCC(NS(C)(=O)=O)CC1. The molecule has 3 amide bonds. The van der Waals surface area contributed by atoms with Gasteiger partial charge in [0.25, 0.3) is 0 Å². The van der Waals surface area contributed by atoms with Crippen molar-refractivity contribution < 1.29 is 18.0 Å². The van der Waals surface area contributed by atoms with Gasteiger partial charge in [-0.3, -0.25) is 15.0 Å². The quantitative estimate of drug-likeness (QED) is 0.607. The molecule has 0 aliphatic carbocycles. The lowest BCUT2D eigenvalue weighted by Crippen LogP contribution is -2.53. The van der Waals surface area contributed by atoms with E-state index in [0.29, 0.717) is 25.9 Å². The number of nitrogens with zero attached hydrogens (tertiary/aromatic N) is 1. The third-order valence-corrected chi connectivity index (χ3v) is 4.06. The summed E-state index contributed by atoms with van der Waals surface area (Å²) in [5.41, 5.74) is 0. The van der Waals surface area contributed by atoms with E-state index < -0.39 is 22.1 Å². The van der Waals surface area contributed by atoms with Gasteiger partial charge in [0.05, 0.1) is 12.3 Å². The molecule has 0 spiro atoms. The second kappa shape index (κ2) is 7.00. The van der Waals surface area contributed by atoms with Crippen LogP contribution in [0.5, 0.6) is 0 Å². The zero-order valence-corrected chi connectivity index (χ0v) is 12.8. The molecule has 1 atom stereocenters. The summed E-state index contributed by atoms with van der Waals surface area (Å²) in [5.74, 6) is -0.362. The van der Waals surface area contributed by atoms with Crippen LogP contribution in [0.15, 0.2) is 0 Å². The van der Waals surface area contributed by atoms with Gasteiger partial charge >= 0.3 is 6.03 Å². The summed E-state index contributed by atoms with van der Waals surface area (Å²) in [5, 5.41) is 4.55. The highest BCUT2D eigenvalue weighted by molar-refractivity contribution is 7.88. The molecule has 20 heavy (non-hydrogen) atoms. The number of imide groups is 1. The minimum absolute atomic E-state index is 0.0875. The summed E-state index contributed by atoms with van der Waals surface area (Å²) in [7, 11) is -1.76. The molecule has 0 unspecified atom stereocenters. The van der Waals surface area contributed by atoms with Crippen molar-refractivity contribution in [1.29, 1.82) is 0 Å². The van der Waals surface area contributed by atoms with Crippen LogP contribution in [0.2, 0.25) is 0 Å². The van der Waals surface area contributed by atoms with Gasteiger partial charge in [-0.05, 0) is 19.8 Å². The molecule has 0 aromatic heterocycles. The van der Waals surface area contributed by atoms with Crippen LogP contribution in [0.1, 0.15) is 19.8 Å². The van der Waals surface area contributed by atoms with Crippen LogP contribution in [-0.2, 0) is 14.8 Å². The van der Waals surface area contributed by atoms with Gasteiger partial charge in [-0.25, -0.2) is 17.9 Å². The number of nitrogens with one attached hydrogen (secondary N) is 3. The molecule has 0 bridgehead atoms. The van der Waals surface area contributed by atoms with Crippen molar-refractivity contribution in [3.63, 3.8) is 0 Å². The van der Waals surface area contributed by atoms with E-state index in [1.165, 1.54) is 7.05 Å². The van der Waals surface area contributed by atoms with Crippen LogP contribution >= 0.6 is 0 Å². The summed E-state index contributed by atoms with van der Waals surface area (Å²) in [6.45, 7) is 2.94. The standard InChI is InChI=1S/C11H22N4O4S/c1-8(10(16)13-11(17)12-2)15-6-4-9(5-7-15)14-20(3,18)19/h8-9,14H,4-7H2,1-3H3,(H2,12,13,16,17)/t8-/m0/s1. The van der Waals surface area contributed by atoms with Crippen LogP contribution in [0, 0.1) is 0 Å². The smallest absolute Gasteiger partial charge is 0.321 e. The minimum Gasteiger partial charge on any atom is -0.341 e. The minimum atomic E-state index is -3.20. The number of piperidine rings is 1. The molecule has 0 radical (unpaired) electrons. The van der Waals surface area contributed by atoms with Crippen molar-refractivity contribution in [2.75, 3.05) is 26.4 Å². The van der Waals surface area contributed by atoms with E-state index >= 15 is 0 Å². The number of urea groups is 1. The van der Waals surface area contributed by atoms with E-state index in [2.05, 4.69) is 15.4 Å². The average molecular weight is 306 g/mol. The number of hydrogen-bond acceptors (Lipinski definition) is 5. The summed E-state index contributed by atoms with van der Waals surface area (Å²) < 4.78 is 24.9. The molecule has 1 heterocycles. The van der Waals surface area contributed by atoms with Gasteiger partial charge in [0.15, 0.2) is 0 Å². The van der Waals surface area contributed by atoms with Gasteiger partial charge in [0, 0.05) is 26.2 Å². The van der Waals surface area contributed by atoms with Gasteiger partial charge < -0.3 is 5.32 Å². The van der Waals surface area contributed by atoms with Crippen LogP contribution in [0.3, 0.4) is 0 Å². The fourth-order valence-electron chi connectivity index (χ4n) is 2.15. The average Bonchev–Trinajstić information content (AvgIpc) is 2.36. The van der Waals surface area contributed by atoms with E-state index in [-0.39, 0.29) is 11.9 Å². The normalized spacial score (nSPS) is 19.4. The van der Waals surface area contributed by atoms with Gasteiger partial charge in [-0.15, -0.1) is 0 Å². The Morgan fingerprint density at radius 3 is 2.25 bits per heavy atom. The summed E-state index contributed by atoms with van der Waals surface area (Å²) in [4.78, 5) is 24.8. The summed E-state index contributed by atoms with van der Waals surface area (Å²) in [6.07, 6.45) is 2.42. The Bertz CT molecular complexity index is 457. The zero-order valence-electron chi connectivity index (χ0n) is 12.0. The number of amides is 3. The van der Waals surface area contributed by atoms with Crippen molar-refractivity contribution in [1.82, 2.24) is 20.3 Å². The van der Waals surface area contributed by atoms with Gasteiger partial charge in [-0.2, -0.15) is 0 Å². The molecule has 9 heteroatoms. The second-order valence-corrected chi connectivity index (χ2v) is 6.72. The monoisotopic (exact) mass is 306 g/mol. The Morgan fingerprint density at radius 2 is 1.80 bits per heavy atom. The van der Waals surface area contributed by atoms with Gasteiger partial charge in [0.2, 0.25) is 15.9 Å². The van der Waals surface area contributed by atoms with Crippen LogP contribution < -0.4 is 15.4 Å². The lowest BCUT2D eigenvalue weighted by atomic mass is 10.0. The van der Waals surface area contributed by atoms with Crippen molar-refractivity contribution in [2.24, 2.45) is 0 Å². The molecule has 0 aromatic rings. The molecule has 0 saturated carbocycles. The number of rotatable bonds is 4. The second-order valence-electron chi connectivity index (χ2n) is 4.94. The van der Waals surface area contributed by atoms with Gasteiger partial charge in [0.1, 0.15) is 0 Å². The molecular weight excluding hydrogens is 284 g/mol. The van der Waals surface area contributed by atoms with Crippen molar-refractivity contribution in [3.05, 3.63) is 0 Å². The predicted octanol–water partition coefficient (Wildman–Crippen LogP) is -1.16. The fourth-order valence-corrected chi connectivity index (χ4v) is 2.99. The van der Waals surface area contributed by atoms with Crippen LogP contribution in [0.25, 0.3) is 0 Å². The maximum absolute atomic E-state index is 11.8. The number of hydrogen-bond donors (Lipinski definition) is 3. The highest BCUT2D eigenvalue weighted by Gasteiger charge is 2.28. The maximum atomic E-state index is 11.8. The predicted molar refractivity (Wildman–Crippen MR) is 74.6 cm³/mol. The summed E-state index contributed by atoms with van der Waals surface area (Å²) in [6, 6.07) is -1.04. The molecule has 116 valence electrons. The first-order chi connectivity index (χ1) is 9.23. The van der Waals surface area contributed by atoms with Gasteiger partial charge in [-0.1, -0.05) is 0 Å². The fraction of sp³-hybridized carbons (Fsp3) is 0.818. The molecule has 0 aromatic carbocycles. The number of carbonyl (C=O) groups excluding carboxylic acids is 2. The first-order valence-electron chi connectivity index (χ1n) is 6.47. The molecule has 1 rings (SSSR count). The Hall–Kier alpha value is -1.19. The van der Waals surface area contributed by atoms with Crippen molar-refractivity contribution >= 4 is 22.0 Å². The van der Waals surface area contributed by atoms with E-state index in [1.807, 2.05) is 4.90 Å². The number of sulfonamides is 1. The molecule has 1 saturated heterocycles. The third-order valence-electron chi connectivity index (χ3n) is 3.30. The topological polar surface area (TPSA) is 108 Å². The lowest BCUT2D eigenvalue weighted by Gasteiger charge is -2.35. The highest BCUT2D eigenvalue weighted by atomic mass is 32.2. The molecule has 1 aliphatic heterocycles. The highest BCUT2D eigenvalue weighted by Crippen LogP contribution is 2.13. The molecule has 1 fully saturated rings. The number of carbonyl (C=O) groups is 2. The van der Waals surface area contributed by atoms with Crippen molar-refractivity contribution in [2.45, 2.75) is 31.8 Å². The lowest BCUT2D eigenvalue weighted by molar-refractivity contribution is -0.125.